The number of hydrogen-bond acceptors (Lipinski definition) is 2. The number of hydrogen-bond donors (Lipinski definition) is 2. The lowest BCUT2D eigenvalue weighted by Crippen LogP contribution is -2.31. The van der Waals surface area contributed by atoms with Crippen molar-refractivity contribution in [1.82, 2.24) is 5.32 Å². The number of rotatable bonds is 2. The molecule has 0 bridgehead atoms. The average Bonchev–Trinajstić information content (AvgIpc) is 2.20. The maximum atomic E-state index is 10.8. The van der Waals surface area contributed by atoms with E-state index in [4.69, 9.17) is 5.11 Å². The van der Waals surface area contributed by atoms with E-state index in [2.05, 4.69) is 31.3 Å². The van der Waals surface area contributed by atoms with E-state index in [-0.39, 0.29) is 12.5 Å². The first-order chi connectivity index (χ1) is 7.58. The molecule has 2 rings (SSSR count). The summed E-state index contributed by atoms with van der Waals surface area (Å²) in [7, 11) is 0. The Morgan fingerprint density at radius 2 is 2.12 bits per heavy atom. The summed E-state index contributed by atoms with van der Waals surface area (Å²) in [6.07, 6.45) is 1.15. The van der Waals surface area contributed by atoms with Crippen molar-refractivity contribution in [3.63, 3.8) is 0 Å². The summed E-state index contributed by atoms with van der Waals surface area (Å²) in [4.78, 5) is 10.8. The third-order valence-corrected chi connectivity index (χ3v) is 3.29. The Morgan fingerprint density at radius 3 is 2.81 bits per heavy atom. The Morgan fingerprint density at radius 1 is 1.44 bits per heavy atom. The number of carbonyl (C=O) groups is 1. The quantitative estimate of drug-likeness (QED) is 0.799. The molecule has 3 nitrogen and oxygen atoms in total. The molecule has 0 amide bonds. The van der Waals surface area contributed by atoms with Crippen molar-refractivity contribution in [2.75, 3.05) is 6.54 Å². The molecule has 2 N–H and O–H groups in total. The van der Waals surface area contributed by atoms with Gasteiger partial charge in [0.15, 0.2) is 0 Å². The molecule has 0 saturated heterocycles. The predicted octanol–water partition coefficient (Wildman–Crippen LogP) is 1.96. The normalized spacial score (nSPS) is 19.2. The Labute approximate surface area is 95.5 Å². The van der Waals surface area contributed by atoms with E-state index in [0.717, 1.165) is 18.5 Å². The first-order valence-corrected chi connectivity index (χ1v) is 5.63. The van der Waals surface area contributed by atoms with Crippen LogP contribution in [0, 0.1) is 13.8 Å². The van der Waals surface area contributed by atoms with Gasteiger partial charge in [-0.3, -0.25) is 4.79 Å². The molecule has 16 heavy (non-hydrogen) atoms. The van der Waals surface area contributed by atoms with Crippen LogP contribution in [0.15, 0.2) is 12.1 Å². The zero-order valence-corrected chi connectivity index (χ0v) is 9.71. The van der Waals surface area contributed by atoms with E-state index in [1.807, 2.05) is 0 Å². The van der Waals surface area contributed by atoms with Gasteiger partial charge in [-0.25, -0.2) is 0 Å². The number of nitrogens with one attached hydrogen (secondary N) is 1. The van der Waals surface area contributed by atoms with E-state index in [1.54, 1.807) is 0 Å². The monoisotopic (exact) mass is 219 g/mol. The van der Waals surface area contributed by atoms with Gasteiger partial charge in [0, 0.05) is 6.04 Å². The van der Waals surface area contributed by atoms with Crippen LogP contribution >= 0.6 is 0 Å². The van der Waals surface area contributed by atoms with Crippen molar-refractivity contribution in [1.29, 1.82) is 0 Å². The second kappa shape index (κ2) is 4.26. The molecule has 3 heteroatoms. The molecule has 1 heterocycles. The van der Waals surface area contributed by atoms with Gasteiger partial charge >= 0.3 is 5.97 Å². The van der Waals surface area contributed by atoms with E-state index in [9.17, 15) is 4.79 Å². The molecule has 1 aromatic carbocycles. The van der Waals surface area contributed by atoms with Crippen LogP contribution < -0.4 is 5.32 Å². The summed E-state index contributed by atoms with van der Waals surface area (Å²) in [5.41, 5.74) is 4.98. The number of benzene rings is 1. The molecule has 0 fully saturated rings. The lowest BCUT2D eigenvalue weighted by Gasteiger charge is -2.27. The van der Waals surface area contributed by atoms with Gasteiger partial charge in [0.2, 0.25) is 0 Å². The van der Waals surface area contributed by atoms with Gasteiger partial charge < -0.3 is 10.4 Å². The molecular weight excluding hydrogens is 202 g/mol. The van der Waals surface area contributed by atoms with Crippen molar-refractivity contribution in [2.45, 2.75) is 32.7 Å². The molecule has 0 aliphatic carbocycles. The first kappa shape index (κ1) is 11.1. The molecular formula is C13H17NO2. The molecule has 0 aromatic heterocycles. The van der Waals surface area contributed by atoms with Gasteiger partial charge in [0.25, 0.3) is 0 Å². The largest absolute Gasteiger partial charge is 0.481 e. The van der Waals surface area contributed by atoms with Crippen LogP contribution in [-0.4, -0.2) is 17.6 Å². The second-order valence-electron chi connectivity index (χ2n) is 4.49. The van der Waals surface area contributed by atoms with Gasteiger partial charge in [0.1, 0.15) is 0 Å². The van der Waals surface area contributed by atoms with Crippen molar-refractivity contribution in [3.05, 3.63) is 34.4 Å². The van der Waals surface area contributed by atoms with E-state index in [1.165, 1.54) is 16.7 Å². The molecule has 0 radical (unpaired) electrons. The van der Waals surface area contributed by atoms with Crippen LogP contribution in [0.5, 0.6) is 0 Å². The third kappa shape index (κ3) is 2.09. The van der Waals surface area contributed by atoms with Gasteiger partial charge in [-0.2, -0.15) is 0 Å². The van der Waals surface area contributed by atoms with Crippen LogP contribution in [-0.2, 0) is 11.2 Å². The highest BCUT2D eigenvalue weighted by atomic mass is 16.4. The molecule has 1 atom stereocenters. The zero-order valence-electron chi connectivity index (χ0n) is 9.71. The third-order valence-electron chi connectivity index (χ3n) is 3.29. The van der Waals surface area contributed by atoms with Crippen molar-refractivity contribution >= 4 is 5.97 Å². The molecule has 1 aliphatic rings. The molecule has 1 aromatic rings. The Bertz CT molecular complexity index is 426. The topological polar surface area (TPSA) is 49.3 Å². The number of carboxylic acid groups (broad SMARTS) is 1. The summed E-state index contributed by atoms with van der Waals surface area (Å²) in [5, 5.41) is 12.1. The number of aryl methyl sites for hydroxylation is 2. The maximum Gasteiger partial charge on any atom is 0.305 e. The molecule has 0 saturated carbocycles. The first-order valence-electron chi connectivity index (χ1n) is 5.63. The number of aliphatic carboxylic acids is 1. The van der Waals surface area contributed by atoms with Crippen molar-refractivity contribution in [2.24, 2.45) is 0 Å². The molecule has 1 unspecified atom stereocenters. The molecule has 1 aliphatic heterocycles. The second-order valence-corrected chi connectivity index (χ2v) is 4.49. The van der Waals surface area contributed by atoms with Crippen LogP contribution in [0.4, 0.5) is 0 Å². The standard InChI is InChI=1S/C13H17NO2/c1-8-5-10-3-4-14-12(7-13(15)16)11(10)6-9(8)2/h5-6,12,14H,3-4,7H2,1-2H3,(H,15,16). The van der Waals surface area contributed by atoms with E-state index < -0.39 is 5.97 Å². The average molecular weight is 219 g/mol. The summed E-state index contributed by atoms with van der Waals surface area (Å²) >= 11 is 0. The minimum atomic E-state index is -0.747. The minimum absolute atomic E-state index is 0.0273. The van der Waals surface area contributed by atoms with Crippen molar-refractivity contribution in [3.8, 4) is 0 Å². The van der Waals surface area contributed by atoms with E-state index >= 15 is 0 Å². The molecule has 86 valence electrons. The van der Waals surface area contributed by atoms with Crippen LogP contribution in [0.25, 0.3) is 0 Å². The zero-order chi connectivity index (χ0) is 11.7. The van der Waals surface area contributed by atoms with Gasteiger partial charge in [-0.05, 0) is 49.1 Å². The minimum Gasteiger partial charge on any atom is -0.481 e. The lowest BCUT2D eigenvalue weighted by atomic mass is 9.89. The lowest BCUT2D eigenvalue weighted by molar-refractivity contribution is -0.137. The highest BCUT2D eigenvalue weighted by molar-refractivity contribution is 5.68. The predicted molar refractivity (Wildman–Crippen MR) is 62.6 cm³/mol. The highest BCUT2D eigenvalue weighted by Gasteiger charge is 2.22. The summed E-state index contributed by atoms with van der Waals surface area (Å²) in [6, 6.07) is 4.30. The van der Waals surface area contributed by atoms with Crippen LogP contribution in [0.2, 0.25) is 0 Å². The summed E-state index contributed by atoms with van der Waals surface area (Å²) < 4.78 is 0. The smallest absolute Gasteiger partial charge is 0.305 e. The van der Waals surface area contributed by atoms with Gasteiger partial charge in [-0.15, -0.1) is 0 Å². The van der Waals surface area contributed by atoms with Gasteiger partial charge in [0.05, 0.1) is 6.42 Å². The Hall–Kier alpha value is -1.35. The SMILES string of the molecule is Cc1cc2c(cc1C)C(CC(=O)O)NCC2. The van der Waals surface area contributed by atoms with Crippen LogP contribution in [0.3, 0.4) is 0 Å². The number of carboxylic acids is 1. The molecule has 0 spiro atoms. The fraction of sp³-hybridized carbons (Fsp3) is 0.462. The fourth-order valence-electron chi connectivity index (χ4n) is 2.29. The van der Waals surface area contributed by atoms with Gasteiger partial charge in [-0.1, -0.05) is 12.1 Å². The fourth-order valence-corrected chi connectivity index (χ4v) is 2.29. The summed E-state index contributed by atoms with van der Waals surface area (Å²) in [5.74, 6) is -0.747. The Balaban J connectivity index is 2.37. The van der Waals surface area contributed by atoms with E-state index in [0.29, 0.717) is 0 Å². The summed E-state index contributed by atoms with van der Waals surface area (Å²) in [6.45, 7) is 5.04. The van der Waals surface area contributed by atoms with Crippen LogP contribution in [0.1, 0.15) is 34.7 Å². The Kier molecular flexibility index (Phi) is 2.97. The number of fused-ring (bicyclic) bond motifs is 1. The maximum absolute atomic E-state index is 10.8. The highest BCUT2D eigenvalue weighted by Crippen LogP contribution is 2.27. The van der Waals surface area contributed by atoms with Crippen molar-refractivity contribution < 1.29 is 9.90 Å².